The van der Waals surface area contributed by atoms with Gasteiger partial charge in [0.2, 0.25) is 10.0 Å². The average molecular weight is 368 g/mol. The number of nitrogens with one attached hydrogen (secondary N) is 3. The summed E-state index contributed by atoms with van der Waals surface area (Å²) >= 11 is 0. The predicted octanol–water partition coefficient (Wildman–Crippen LogP) is 0.616. The van der Waals surface area contributed by atoms with Gasteiger partial charge in [-0.3, -0.25) is 4.99 Å². The van der Waals surface area contributed by atoms with Crippen molar-refractivity contribution < 1.29 is 8.42 Å². The lowest BCUT2D eigenvalue weighted by atomic mass is 10.1. The van der Waals surface area contributed by atoms with Gasteiger partial charge >= 0.3 is 0 Å². The molecule has 0 spiro atoms. The lowest BCUT2D eigenvalue weighted by Crippen LogP contribution is -2.44. The van der Waals surface area contributed by atoms with Gasteiger partial charge in [-0.1, -0.05) is 24.6 Å². The maximum Gasteiger partial charge on any atom is 0.240 e. The van der Waals surface area contributed by atoms with Crippen LogP contribution < -0.4 is 15.4 Å². The van der Waals surface area contributed by atoms with Gasteiger partial charge in [-0.15, -0.1) is 0 Å². The van der Waals surface area contributed by atoms with Crippen LogP contribution in [0.2, 0.25) is 0 Å². The van der Waals surface area contributed by atoms with E-state index in [1.54, 1.807) is 37.4 Å². The van der Waals surface area contributed by atoms with Crippen LogP contribution in [0.5, 0.6) is 0 Å². The van der Waals surface area contributed by atoms with Gasteiger partial charge in [0.1, 0.15) is 0 Å². The topological polar surface area (TPSA) is 85.8 Å². The van der Waals surface area contributed by atoms with Crippen molar-refractivity contribution in [3.05, 3.63) is 30.3 Å². The molecule has 8 heteroatoms. The first-order valence-electron chi connectivity index (χ1n) is 8.83. The number of benzene rings is 1. The zero-order valence-electron chi connectivity index (χ0n) is 14.9. The molecule has 1 aliphatic rings. The second-order valence-corrected chi connectivity index (χ2v) is 7.81. The lowest BCUT2D eigenvalue weighted by molar-refractivity contribution is 0.232. The molecule has 0 aliphatic carbocycles. The van der Waals surface area contributed by atoms with Crippen molar-refractivity contribution in [2.75, 3.05) is 46.3 Å². The zero-order chi connectivity index (χ0) is 18.0. The highest BCUT2D eigenvalue weighted by molar-refractivity contribution is 7.89. The van der Waals surface area contributed by atoms with Crippen LogP contribution in [0.1, 0.15) is 19.3 Å². The highest BCUT2D eigenvalue weighted by Gasteiger charge is 2.12. The fourth-order valence-corrected chi connectivity index (χ4v) is 3.84. The molecule has 140 valence electrons. The minimum absolute atomic E-state index is 0.277. The molecule has 0 bridgehead atoms. The van der Waals surface area contributed by atoms with Crippen molar-refractivity contribution in [1.82, 2.24) is 20.3 Å². The van der Waals surface area contributed by atoms with Crippen molar-refractivity contribution in [2.24, 2.45) is 4.99 Å². The summed E-state index contributed by atoms with van der Waals surface area (Å²) in [5, 5.41) is 6.39. The highest BCUT2D eigenvalue weighted by atomic mass is 32.2. The molecule has 0 unspecified atom stereocenters. The first-order valence-corrected chi connectivity index (χ1v) is 10.3. The summed E-state index contributed by atoms with van der Waals surface area (Å²) < 4.78 is 26.8. The fraction of sp³-hybridized carbons (Fsp3) is 0.588. The van der Waals surface area contributed by atoms with Gasteiger partial charge in [0.25, 0.3) is 0 Å². The number of hydrogen-bond acceptors (Lipinski definition) is 4. The van der Waals surface area contributed by atoms with E-state index >= 15 is 0 Å². The molecule has 0 saturated carbocycles. The Morgan fingerprint density at radius 2 is 1.72 bits per heavy atom. The number of rotatable bonds is 8. The Morgan fingerprint density at radius 1 is 1.04 bits per heavy atom. The number of likely N-dealkylation sites (tertiary alicyclic amines) is 1. The largest absolute Gasteiger partial charge is 0.355 e. The third kappa shape index (κ3) is 7.01. The van der Waals surface area contributed by atoms with Crippen LogP contribution in [0.4, 0.5) is 0 Å². The lowest BCUT2D eigenvalue weighted by Gasteiger charge is -2.26. The molecule has 1 heterocycles. The van der Waals surface area contributed by atoms with E-state index in [1.807, 2.05) is 0 Å². The Balaban J connectivity index is 1.64. The standard InChI is InChI=1S/C17H29N5O2S/c1-18-17(20-12-15-22-13-6-3-7-14-22)19-10-11-21-25(23,24)16-8-4-2-5-9-16/h2,4-5,8-9,21H,3,6-7,10-15H2,1H3,(H2,18,19,20). The molecule has 25 heavy (non-hydrogen) atoms. The quantitative estimate of drug-likeness (QED) is 0.356. The Morgan fingerprint density at radius 3 is 2.40 bits per heavy atom. The van der Waals surface area contributed by atoms with E-state index in [0.717, 1.165) is 13.1 Å². The Labute approximate surface area is 151 Å². The minimum Gasteiger partial charge on any atom is -0.355 e. The summed E-state index contributed by atoms with van der Waals surface area (Å²) in [6.45, 7) is 4.94. The summed E-state index contributed by atoms with van der Waals surface area (Å²) in [7, 11) is -1.74. The van der Waals surface area contributed by atoms with Crippen molar-refractivity contribution in [1.29, 1.82) is 0 Å². The van der Waals surface area contributed by atoms with E-state index in [9.17, 15) is 8.42 Å². The second-order valence-electron chi connectivity index (χ2n) is 6.04. The van der Waals surface area contributed by atoms with Gasteiger partial charge in [-0.2, -0.15) is 0 Å². The van der Waals surface area contributed by atoms with Gasteiger partial charge in [-0.25, -0.2) is 13.1 Å². The molecule has 0 radical (unpaired) electrons. The molecular formula is C17H29N5O2S. The molecule has 1 aromatic rings. The zero-order valence-corrected chi connectivity index (χ0v) is 15.7. The first kappa shape index (κ1) is 19.7. The van der Waals surface area contributed by atoms with Crippen molar-refractivity contribution in [3.8, 4) is 0 Å². The Kier molecular flexibility index (Phi) is 8.17. The first-order chi connectivity index (χ1) is 12.1. The molecule has 2 rings (SSSR count). The van der Waals surface area contributed by atoms with Gasteiger partial charge < -0.3 is 15.5 Å². The monoisotopic (exact) mass is 367 g/mol. The number of hydrogen-bond donors (Lipinski definition) is 3. The second kappa shape index (κ2) is 10.4. The van der Waals surface area contributed by atoms with E-state index in [0.29, 0.717) is 19.0 Å². The number of nitrogens with zero attached hydrogens (tertiary/aromatic N) is 2. The molecule has 1 fully saturated rings. The number of guanidine groups is 1. The molecule has 7 nitrogen and oxygen atoms in total. The van der Waals surface area contributed by atoms with E-state index < -0.39 is 10.0 Å². The van der Waals surface area contributed by atoms with Crippen LogP contribution in [0.25, 0.3) is 0 Å². The molecule has 0 atom stereocenters. The SMILES string of the molecule is CN=C(NCCNS(=O)(=O)c1ccccc1)NCCN1CCCCC1. The van der Waals surface area contributed by atoms with Crippen molar-refractivity contribution in [2.45, 2.75) is 24.2 Å². The number of aliphatic imine (C=N–C) groups is 1. The number of sulfonamides is 1. The summed E-state index contributed by atoms with van der Waals surface area (Å²) in [6, 6.07) is 8.37. The smallest absolute Gasteiger partial charge is 0.240 e. The van der Waals surface area contributed by atoms with Crippen LogP contribution in [0, 0.1) is 0 Å². The van der Waals surface area contributed by atoms with E-state index in [-0.39, 0.29) is 4.90 Å². The Bertz CT molecular complexity index is 628. The molecule has 0 amide bonds. The van der Waals surface area contributed by atoms with Gasteiger partial charge in [0.15, 0.2) is 5.96 Å². The molecule has 1 aliphatic heterocycles. The average Bonchev–Trinajstić information content (AvgIpc) is 2.65. The van der Waals surface area contributed by atoms with Crippen molar-refractivity contribution >= 4 is 16.0 Å². The predicted molar refractivity (Wildman–Crippen MR) is 101 cm³/mol. The summed E-state index contributed by atoms with van der Waals surface area (Å²) in [6.07, 6.45) is 3.91. The third-order valence-electron chi connectivity index (χ3n) is 4.16. The third-order valence-corrected chi connectivity index (χ3v) is 5.63. The van der Waals surface area contributed by atoms with Crippen LogP contribution in [-0.2, 0) is 10.0 Å². The van der Waals surface area contributed by atoms with Crippen LogP contribution in [-0.4, -0.2) is 65.6 Å². The van der Waals surface area contributed by atoms with Crippen LogP contribution >= 0.6 is 0 Å². The van der Waals surface area contributed by atoms with Gasteiger partial charge in [-0.05, 0) is 38.1 Å². The molecule has 3 N–H and O–H groups in total. The summed E-state index contributed by atoms with van der Waals surface area (Å²) in [5.74, 6) is 0.691. The Hall–Kier alpha value is -1.64. The van der Waals surface area contributed by atoms with Gasteiger partial charge in [0, 0.05) is 33.2 Å². The van der Waals surface area contributed by atoms with E-state index in [4.69, 9.17) is 0 Å². The minimum atomic E-state index is -3.45. The maximum absolute atomic E-state index is 12.1. The molecule has 0 aromatic heterocycles. The summed E-state index contributed by atoms with van der Waals surface area (Å²) in [4.78, 5) is 6.89. The van der Waals surface area contributed by atoms with Crippen LogP contribution in [0.3, 0.4) is 0 Å². The molecule has 1 aromatic carbocycles. The van der Waals surface area contributed by atoms with E-state index in [1.165, 1.54) is 32.4 Å². The summed E-state index contributed by atoms with van der Waals surface area (Å²) in [5.41, 5.74) is 0. The van der Waals surface area contributed by atoms with E-state index in [2.05, 4.69) is 25.2 Å². The number of piperidine rings is 1. The maximum atomic E-state index is 12.1. The van der Waals surface area contributed by atoms with Crippen molar-refractivity contribution in [3.63, 3.8) is 0 Å². The fourth-order valence-electron chi connectivity index (χ4n) is 2.79. The van der Waals surface area contributed by atoms with Gasteiger partial charge in [0.05, 0.1) is 4.90 Å². The highest BCUT2D eigenvalue weighted by Crippen LogP contribution is 2.07. The normalized spacial score (nSPS) is 16.6. The van der Waals surface area contributed by atoms with Crippen LogP contribution in [0.15, 0.2) is 40.2 Å². The molecular weight excluding hydrogens is 338 g/mol. The molecule has 1 saturated heterocycles.